The quantitative estimate of drug-likeness (QED) is 0.282. The Morgan fingerprint density at radius 2 is 1.51 bits per heavy atom. The number of fused-ring (bicyclic) bond motifs is 2. The highest BCUT2D eigenvalue weighted by Crippen LogP contribution is 2.45. The van der Waals surface area contributed by atoms with Gasteiger partial charge in [-0.3, -0.25) is 18.7 Å². The zero-order valence-electron chi connectivity index (χ0n) is 22.3. The molecule has 4 heterocycles. The molecule has 200 valence electrons. The third kappa shape index (κ3) is 4.25. The van der Waals surface area contributed by atoms with E-state index in [1.54, 1.807) is 27.7 Å². The summed E-state index contributed by atoms with van der Waals surface area (Å²) in [6, 6.07) is 16.7. The van der Waals surface area contributed by atoms with Crippen LogP contribution >= 0.6 is 45.8 Å². The maximum Gasteiger partial charge on any atom is 0.272 e. The molecular weight excluding hydrogens is 565 g/mol. The van der Waals surface area contributed by atoms with Crippen molar-refractivity contribution in [2.45, 2.75) is 52.2 Å². The van der Waals surface area contributed by atoms with Crippen molar-refractivity contribution in [1.82, 2.24) is 9.13 Å². The second-order valence-electron chi connectivity index (χ2n) is 9.02. The summed E-state index contributed by atoms with van der Waals surface area (Å²) >= 11 is 6.31. The Morgan fingerprint density at radius 1 is 0.795 bits per heavy atom. The van der Waals surface area contributed by atoms with Crippen molar-refractivity contribution < 1.29 is 4.57 Å². The topological polar surface area (TPSA) is 51.1 Å². The highest BCUT2D eigenvalue weighted by molar-refractivity contribution is 8.08. The number of hydrogen-bond donors (Lipinski definition) is 0. The van der Waals surface area contributed by atoms with Crippen LogP contribution < -0.4 is 29.8 Å². The molecule has 0 atom stereocenters. The van der Waals surface area contributed by atoms with Gasteiger partial charge in [-0.05, 0) is 45.9 Å². The summed E-state index contributed by atoms with van der Waals surface area (Å²) in [5.74, 6) is 0. The van der Waals surface area contributed by atoms with E-state index in [1.165, 1.54) is 32.9 Å². The molecule has 0 fully saturated rings. The lowest BCUT2D eigenvalue weighted by Crippen LogP contribution is -2.34. The van der Waals surface area contributed by atoms with Crippen LogP contribution in [0.25, 0.3) is 21.3 Å². The van der Waals surface area contributed by atoms with Crippen molar-refractivity contribution in [3.8, 4) is 0 Å². The van der Waals surface area contributed by atoms with E-state index < -0.39 is 0 Å². The first-order valence-electron chi connectivity index (χ1n) is 13.2. The fourth-order valence-electron chi connectivity index (χ4n) is 5.08. The van der Waals surface area contributed by atoms with Crippen LogP contribution in [0.5, 0.6) is 0 Å². The smallest absolute Gasteiger partial charge is 0.272 e. The molecule has 0 radical (unpaired) electrons. The van der Waals surface area contributed by atoms with Gasteiger partial charge in [-0.1, -0.05) is 47.4 Å². The van der Waals surface area contributed by atoms with E-state index in [4.69, 9.17) is 0 Å². The van der Waals surface area contributed by atoms with Gasteiger partial charge in [0.1, 0.15) is 34.7 Å². The summed E-state index contributed by atoms with van der Waals surface area (Å²) in [6.45, 7) is 10.9. The normalized spacial score (nSPS) is 16.0. The standard InChI is InChI=1S/C29H29N4O2S4/c1-5-30-18-13-9-11-15-20(18)36-22(30)17-23-32(7-3)26(34)24(38-23)29-33(8-4)27(35)25(39-29)28-31(6-2)19-14-10-12-16-21(19)37-28/h9-17H,5-8H2,1-4H3/q+1/b28-25?,29-24-. The number of hydrogen-bond acceptors (Lipinski definition) is 7. The molecule has 3 aromatic heterocycles. The molecular formula is C29H29N4O2S4+. The molecule has 0 saturated carbocycles. The minimum absolute atomic E-state index is 0.0269. The van der Waals surface area contributed by atoms with Crippen LogP contribution in [0.3, 0.4) is 0 Å². The second-order valence-corrected chi connectivity index (χ2v) is 13.1. The highest BCUT2D eigenvalue weighted by atomic mass is 32.2. The van der Waals surface area contributed by atoms with Crippen LogP contribution in [0.15, 0.2) is 63.0 Å². The van der Waals surface area contributed by atoms with Gasteiger partial charge in [0.2, 0.25) is 5.52 Å². The molecule has 6 rings (SSSR count). The second kappa shape index (κ2) is 10.6. The molecule has 0 saturated heterocycles. The van der Waals surface area contributed by atoms with Crippen LogP contribution in [-0.2, 0) is 19.6 Å². The predicted molar refractivity (Wildman–Crippen MR) is 165 cm³/mol. The summed E-state index contributed by atoms with van der Waals surface area (Å²) < 4.78 is 10.1. The third-order valence-corrected chi connectivity index (χ3v) is 11.8. The lowest BCUT2D eigenvalue weighted by molar-refractivity contribution is -0.665. The monoisotopic (exact) mass is 593 g/mol. The summed E-state index contributed by atoms with van der Waals surface area (Å²) in [6.07, 6.45) is 2.13. The van der Waals surface area contributed by atoms with Crippen LogP contribution in [-0.4, -0.2) is 15.7 Å². The number of para-hydroxylation sites is 2. The van der Waals surface area contributed by atoms with Gasteiger partial charge < -0.3 is 4.90 Å². The molecule has 0 unspecified atom stereocenters. The molecule has 0 aliphatic carbocycles. The van der Waals surface area contributed by atoms with Gasteiger partial charge in [0.15, 0.2) is 0 Å². The lowest BCUT2D eigenvalue weighted by Gasteiger charge is -2.16. The zero-order valence-corrected chi connectivity index (χ0v) is 25.5. The molecule has 6 nitrogen and oxygen atoms in total. The number of thiazole rings is 3. The number of rotatable bonds is 5. The van der Waals surface area contributed by atoms with Gasteiger partial charge in [0.05, 0.1) is 11.8 Å². The summed E-state index contributed by atoms with van der Waals surface area (Å²) in [5.41, 5.74) is 2.27. The van der Waals surface area contributed by atoms with Crippen molar-refractivity contribution in [2.24, 2.45) is 0 Å². The Hall–Kier alpha value is -2.92. The van der Waals surface area contributed by atoms with E-state index >= 15 is 0 Å². The Bertz CT molecular complexity index is 2060. The maximum atomic E-state index is 13.8. The third-order valence-electron chi connectivity index (χ3n) is 6.94. The van der Waals surface area contributed by atoms with Crippen molar-refractivity contribution in [3.05, 3.63) is 92.6 Å². The van der Waals surface area contributed by atoms with Gasteiger partial charge >= 0.3 is 0 Å². The average Bonchev–Trinajstić information content (AvgIpc) is 3.68. The molecule has 0 spiro atoms. The molecule has 0 bridgehead atoms. The minimum atomic E-state index is -0.0346. The van der Waals surface area contributed by atoms with Crippen LogP contribution in [0.1, 0.15) is 32.7 Å². The largest absolute Gasteiger partial charge is 0.334 e. The van der Waals surface area contributed by atoms with E-state index in [2.05, 4.69) is 65.8 Å². The van der Waals surface area contributed by atoms with Crippen LogP contribution in [0.4, 0.5) is 5.69 Å². The Balaban J connectivity index is 1.66. The molecule has 10 heteroatoms. The highest BCUT2D eigenvalue weighted by Gasteiger charge is 2.26. The molecule has 39 heavy (non-hydrogen) atoms. The predicted octanol–water partition coefficient (Wildman–Crippen LogP) is 4.51. The fraction of sp³-hybridized carbons (Fsp3) is 0.276. The Labute approximate surface area is 241 Å². The number of thioether (sulfide) groups is 1. The molecule has 1 aliphatic rings. The van der Waals surface area contributed by atoms with E-state index in [0.29, 0.717) is 22.2 Å². The van der Waals surface area contributed by atoms with Gasteiger partial charge in [-0.15, -0.1) is 22.7 Å². The van der Waals surface area contributed by atoms with Crippen molar-refractivity contribution >= 4 is 72.8 Å². The van der Waals surface area contributed by atoms with E-state index in [1.807, 2.05) is 30.5 Å². The Kier molecular flexibility index (Phi) is 7.13. The number of aromatic nitrogens is 3. The van der Waals surface area contributed by atoms with Gasteiger partial charge in [0.25, 0.3) is 16.1 Å². The Morgan fingerprint density at radius 3 is 2.26 bits per heavy atom. The van der Waals surface area contributed by atoms with Gasteiger partial charge in [-0.2, -0.15) is 4.57 Å². The summed E-state index contributed by atoms with van der Waals surface area (Å²) in [7, 11) is 0. The first-order valence-corrected chi connectivity index (χ1v) is 16.4. The number of benzene rings is 2. The molecule has 2 aromatic carbocycles. The number of nitrogens with zero attached hydrogens (tertiary/aromatic N) is 4. The van der Waals surface area contributed by atoms with Crippen LogP contribution in [0.2, 0.25) is 0 Å². The van der Waals surface area contributed by atoms with Crippen molar-refractivity contribution in [3.63, 3.8) is 0 Å². The van der Waals surface area contributed by atoms with E-state index in [-0.39, 0.29) is 11.1 Å². The maximum absolute atomic E-state index is 13.8. The average molecular weight is 594 g/mol. The van der Waals surface area contributed by atoms with E-state index in [0.717, 1.165) is 43.0 Å². The van der Waals surface area contributed by atoms with Crippen molar-refractivity contribution in [2.75, 3.05) is 11.4 Å². The lowest BCUT2D eigenvalue weighted by atomic mass is 10.3. The number of anilines is 1. The SMILES string of the molecule is CCN1C(=c2s/c(=c3\sc(=Cc4sc5ccccc5[n+]4CC)n(CC)c3=O)n(CC)c2=O)Sc2ccccc21. The van der Waals surface area contributed by atoms with Gasteiger partial charge in [-0.25, -0.2) is 0 Å². The number of aryl methyl sites for hydroxylation is 1. The first kappa shape index (κ1) is 26.3. The van der Waals surface area contributed by atoms with Crippen molar-refractivity contribution in [1.29, 1.82) is 0 Å². The van der Waals surface area contributed by atoms with Gasteiger partial charge in [0, 0.05) is 30.6 Å². The molecule has 1 aliphatic heterocycles. The molecule has 0 N–H and O–H groups in total. The zero-order chi connectivity index (χ0) is 27.3. The summed E-state index contributed by atoms with van der Waals surface area (Å²) in [5, 5.41) is 2.07. The summed E-state index contributed by atoms with van der Waals surface area (Å²) in [4.78, 5) is 30.9. The first-order chi connectivity index (χ1) is 19.0. The van der Waals surface area contributed by atoms with E-state index in [9.17, 15) is 9.59 Å². The van der Waals surface area contributed by atoms with Crippen LogP contribution in [0, 0.1) is 9.20 Å². The molecule has 0 amide bonds. The molecule has 5 aromatic rings. The minimum Gasteiger partial charge on any atom is -0.334 e. The fourth-order valence-corrected chi connectivity index (χ4v) is 10.2.